The van der Waals surface area contributed by atoms with E-state index in [9.17, 15) is 5.02 Å². The molecule has 0 fully saturated rings. The molecule has 1 heterocycles. The maximum atomic E-state index is 9.87. The molecule has 102 valence electrons. The molecule has 0 radical (unpaired) electrons. The third kappa shape index (κ3) is 2.90. The van der Waals surface area contributed by atoms with Crippen LogP contribution in [0.3, 0.4) is 0 Å². The van der Waals surface area contributed by atoms with E-state index in [1.807, 2.05) is 18.2 Å². The highest BCUT2D eigenvalue weighted by molar-refractivity contribution is 6.60. The zero-order valence-corrected chi connectivity index (χ0v) is 11.9. The van der Waals surface area contributed by atoms with Crippen molar-refractivity contribution in [3.63, 3.8) is 0 Å². The lowest BCUT2D eigenvalue weighted by Crippen LogP contribution is -2.41. The van der Waals surface area contributed by atoms with Gasteiger partial charge in [0.15, 0.2) is 0 Å². The molecule has 0 saturated carbocycles. The normalized spacial score (nSPS) is 14.2. The van der Waals surface area contributed by atoms with E-state index in [-0.39, 0.29) is 0 Å². The van der Waals surface area contributed by atoms with Crippen LogP contribution in [-0.2, 0) is 23.9 Å². The summed E-state index contributed by atoms with van der Waals surface area (Å²) in [6, 6.07) is 14.2. The van der Waals surface area contributed by atoms with E-state index in [0.29, 0.717) is 6.61 Å². The molecule has 1 N–H and O–H groups in total. The van der Waals surface area contributed by atoms with Gasteiger partial charge in [0.25, 0.3) is 0 Å². The average molecular weight is 287 g/mol. The molecule has 1 aliphatic rings. The molecule has 20 heavy (non-hydrogen) atoms. The standard InChI is InChI=1S/C16H16BClO2/c18-16-4-2-1-3-14(16)8-6-12-5-7-13-9-10-20-17(19)15(13)11-12/h1-5,7,11,19H,6,8-10H2. The Bertz CT molecular complexity index is 615. The van der Waals surface area contributed by atoms with Crippen LogP contribution in [-0.4, -0.2) is 18.7 Å². The van der Waals surface area contributed by atoms with Crippen LogP contribution in [0.4, 0.5) is 0 Å². The zero-order valence-electron chi connectivity index (χ0n) is 11.2. The minimum Gasteiger partial charge on any atom is -0.423 e. The molecule has 0 aliphatic carbocycles. The van der Waals surface area contributed by atoms with Crippen molar-refractivity contribution < 1.29 is 9.68 Å². The van der Waals surface area contributed by atoms with E-state index >= 15 is 0 Å². The Morgan fingerprint density at radius 1 is 1.15 bits per heavy atom. The summed E-state index contributed by atoms with van der Waals surface area (Å²) < 4.78 is 5.28. The lowest BCUT2D eigenvalue weighted by molar-refractivity contribution is 0.266. The van der Waals surface area contributed by atoms with Gasteiger partial charge in [0.05, 0.1) is 0 Å². The maximum absolute atomic E-state index is 9.87. The van der Waals surface area contributed by atoms with Gasteiger partial charge in [-0.2, -0.15) is 0 Å². The molecule has 3 rings (SSSR count). The monoisotopic (exact) mass is 286 g/mol. The Kier molecular flexibility index (Phi) is 4.11. The van der Waals surface area contributed by atoms with Gasteiger partial charge < -0.3 is 9.68 Å². The van der Waals surface area contributed by atoms with Crippen LogP contribution in [0.15, 0.2) is 42.5 Å². The predicted octanol–water partition coefficient (Wildman–Crippen LogP) is 2.39. The second-order valence-electron chi connectivity index (χ2n) is 5.10. The number of benzene rings is 2. The number of halogens is 1. The van der Waals surface area contributed by atoms with Crippen molar-refractivity contribution in [1.82, 2.24) is 0 Å². The minimum absolute atomic E-state index is 0.590. The zero-order chi connectivity index (χ0) is 13.9. The summed E-state index contributed by atoms with van der Waals surface area (Å²) in [4.78, 5) is 0. The second kappa shape index (κ2) is 6.00. The van der Waals surface area contributed by atoms with Gasteiger partial charge in [-0.1, -0.05) is 48.0 Å². The van der Waals surface area contributed by atoms with Gasteiger partial charge in [0, 0.05) is 11.6 Å². The SMILES string of the molecule is OB1OCCc2ccc(CCc3ccccc3Cl)cc21. The summed E-state index contributed by atoms with van der Waals surface area (Å²) in [5.41, 5.74) is 4.45. The first-order valence-electron chi connectivity index (χ1n) is 6.89. The van der Waals surface area contributed by atoms with Crippen LogP contribution >= 0.6 is 11.6 Å². The molecule has 0 unspecified atom stereocenters. The van der Waals surface area contributed by atoms with E-state index in [1.165, 1.54) is 11.1 Å². The lowest BCUT2D eigenvalue weighted by Gasteiger charge is -2.19. The number of hydrogen-bond donors (Lipinski definition) is 1. The van der Waals surface area contributed by atoms with Crippen molar-refractivity contribution in [2.75, 3.05) is 6.61 Å². The number of hydrogen-bond acceptors (Lipinski definition) is 2. The van der Waals surface area contributed by atoms with Crippen molar-refractivity contribution in [3.05, 3.63) is 64.2 Å². The van der Waals surface area contributed by atoms with Gasteiger partial charge in [-0.25, -0.2) is 0 Å². The molecule has 2 aromatic rings. The van der Waals surface area contributed by atoms with Crippen molar-refractivity contribution in [2.24, 2.45) is 0 Å². The Balaban J connectivity index is 1.75. The minimum atomic E-state index is -0.779. The molecule has 4 heteroatoms. The van der Waals surface area contributed by atoms with E-state index in [1.54, 1.807) is 0 Å². The third-order valence-corrected chi connectivity index (χ3v) is 4.13. The predicted molar refractivity (Wildman–Crippen MR) is 82.6 cm³/mol. The van der Waals surface area contributed by atoms with Crippen molar-refractivity contribution in [2.45, 2.75) is 19.3 Å². The van der Waals surface area contributed by atoms with Crippen molar-refractivity contribution in [1.29, 1.82) is 0 Å². The Morgan fingerprint density at radius 3 is 2.85 bits per heavy atom. The number of fused-ring (bicyclic) bond motifs is 1. The first kappa shape index (κ1) is 13.7. The molecule has 2 nitrogen and oxygen atoms in total. The lowest BCUT2D eigenvalue weighted by atomic mass is 9.73. The van der Waals surface area contributed by atoms with E-state index in [0.717, 1.165) is 35.3 Å². The van der Waals surface area contributed by atoms with E-state index in [4.69, 9.17) is 16.3 Å². The Morgan fingerprint density at radius 2 is 2.00 bits per heavy atom. The van der Waals surface area contributed by atoms with Crippen LogP contribution in [0.2, 0.25) is 5.02 Å². The first-order valence-corrected chi connectivity index (χ1v) is 7.26. The number of aryl methyl sites for hydroxylation is 2. The molecular formula is C16H16BClO2. The van der Waals surface area contributed by atoms with Crippen LogP contribution < -0.4 is 5.46 Å². The Labute approximate surface area is 124 Å². The molecule has 0 spiro atoms. The third-order valence-electron chi connectivity index (χ3n) is 3.76. The summed E-state index contributed by atoms with van der Waals surface area (Å²) in [5, 5.41) is 10.7. The molecular weight excluding hydrogens is 270 g/mol. The molecule has 2 aromatic carbocycles. The van der Waals surface area contributed by atoms with E-state index < -0.39 is 7.12 Å². The maximum Gasteiger partial charge on any atom is 0.491 e. The van der Waals surface area contributed by atoms with Gasteiger partial charge in [0.1, 0.15) is 0 Å². The average Bonchev–Trinajstić information content (AvgIpc) is 2.47. The summed E-state index contributed by atoms with van der Waals surface area (Å²) in [5.74, 6) is 0. The second-order valence-corrected chi connectivity index (χ2v) is 5.50. The van der Waals surface area contributed by atoms with Crippen LogP contribution in [0.1, 0.15) is 16.7 Å². The molecule has 0 saturated heterocycles. The fraction of sp³-hybridized carbons (Fsp3) is 0.250. The van der Waals surface area contributed by atoms with Gasteiger partial charge in [-0.05, 0) is 47.5 Å². The smallest absolute Gasteiger partial charge is 0.423 e. The number of rotatable bonds is 3. The summed E-state index contributed by atoms with van der Waals surface area (Å²) >= 11 is 6.17. The largest absolute Gasteiger partial charge is 0.491 e. The fourth-order valence-electron chi connectivity index (χ4n) is 2.61. The van der Waals surface area contributed by atoms with Crippen molar-refractivity contribution in [3.8, 4) is 0 Å². The topological polar surface area (TPSA) is 29.5 Å². The highest BCUT2D eigenvalue weighted by atomic mass is 35.5. The summed E-state index contributed by atoms with van der Waals surface area (Å²) in [6.07, 6.45) is 2.68. The van der Waals surface area contributed by atoms with Gasteiger partial charge >= 0.3 is 7.12 Å². The molecule has 0 aromatic heterocycles. The quantitative estimate of drug-likeness (QED) is 0.878. The van der Waals surface area contributed by atoms with Gasteiger partial charge in [-0.15, -0.1) is 0 Å². The van der Waals surface area contributed by atoms with Crippen LogP contribution in [0.25, 0.3) is 0 Å². The highest BCUT2D eigenvalue weighted by Gasteiger charge is 2.24. The van der Waals surface area contributed by atoms with Crippen LogP contribution in [0.5, 0.6) is 0 Å². The first-order chi connectivity index (χ1) is 9.74. The fourth-order valence-corrected chi connectivity index (χ4v) is 2.84. The molecule has 0 bridgehead atoms. The molecule has 1 aliphatic heterocycles. The van der Waals surface area contributed by atoms with Gasteiger partial charge in [-0.3, -0.25) is 0 Å². The highest BCUT2D eigenvalue weighted by Crippen LogP contribution is 2.18. The summed E-state index contributed by atoms with van der Waals surface area (Å²) in [7, 11) is -0.779. The summed E-state index contributed by atoms with van der Waals surface area (Å²) in [6.45, 7) is 0.590. The van der Waals surface area contributed by atoms with Crippen LogP contribution in [0, 0.1) is 0 Å². The molecule has 0 atom stereocenters. The van der Waals surface area contributed by atoms with Gasteiger partial charge in [0.2, 0.25) is 0 Å². The molecule has 0 amide bonds. The van der Waals surface area contributed by atoms with E-state index in [2.05, 4.69) is 24.3 Å². The Hall–Kier alpha value is -1.29. The van der Waals surface area contributed by atoms with Crippen molar-refractivity contribution >= 4 is 24.2 Å².